The van der Waals surface area contributed by atoms with E-state index in [4.69, 9.17) is 4.74 Å². The topological polar surface area (TPSA) is 66.8 Å². The summed E-state index contributed by atoms with van der Waals surface area (Å²) >= 11 is 0. The van der Waals surface area contributed by atoms with Crippen LogP contribution in [0.15, 0.2) is 78.4 Å². The number of anilines is 1. The van der Waals surface area contributed by atoms with Crippen LogP contribution in [-0.4, -0.2) is 22.9 Å². The minimum atomic E-state index is -0.763. The van der Waals surface area contributed by atoms with Crippen LogP contribution in [0, 0.1) is 6.92 Å². The van der Waals surface area contributed by atoms with E-state index in [0.29, 0.717) is 17.0 Å². The van der Waals surface area contributed by atoms with Crippen LogP contribution >= 0.6 is 0 Å². The van der Waals surface area contributed by atoms with Crippen LogP contribution in [0.4, 0.5) is 5.69 Å². The van der Waals surface area contributed by atoms with Gasteiger partial charge in [0.15, 0.2) is 0 Å². The van der Waals surface area contributed by atoms with Crippen molar-refractivity contribution >= 4 is 23.1 Å². The summed E-state index contributed by atoms with van der Waals surface area (Å²) in [6.45, 7) is 12.1. The fourth-order valence-corrected chi connectivity index (χ4v) is 4.50. The van der Waals surface area contributed by atoms with Crippen LogP contribution in [0.2, 0.25) is 0 Å². The van der Waals surface area contributed by atoms with Gasteiger partial charge in [-0.05, 0) is 73.2 Å². The Bertz CT molecular complexity index is 1310. The molecule has 1 N–H and O–H groups in total. The molecular formula is C31H33NO4. The second-order valence-electron chi connectivity index (χ2n) is 10.5. The van der Waals surface area contributed by atoms with E-state index in [0.717, 1.165) is 16.7 Å². The lowest BCUT2D eigenvalue weighted by Gasteiger charge is -2.26. The molecule has 1 atom stereocenters. The van der Waals surface area contributed by atoms with Crippen LogP contribution in [0.1, 0.15) is 62.9 Å². The van der Waals surface area contributed by atoms with Crippen LogP contribution in [-0.2, 0) is 15.0 Å². The molecule has 1 fully saturated rings. The van der Waals surface area contributed by atoms with Crippen molar-refractivity contribution in [2.75, 3.05) is 4.90 Å². The molecule has 1 unspecified atom stereocenters. The highest BCUT2D eigenvalue weighted by molar-refractivity contribution is 6.51. The number of carbonyl (C=O) groups is 2. The zero-order valence-electron chi connectivity index (χ0n) is 21.7. The highest BCUT2D eigenvalue weighted by Crippen LogP contribution is 2.43. The molecule has 3 aromatic rings. The van der Waals surface area contributed by atoms with Crippen molar-refractivity contribution in [1.29, 1.82) is 0 Å². The first-order valence-corrected chi connectivity index (χ1v) is 12.2. The van der Waals surface area contributed by atoms with Gasteiger partial charge in [0.1, 0.15) is 11.5 Å². The molecule has 1 aliphatic rings. The fourth-order valence-electron chi connectivity index (χ4n) is 4.50. The highest BCUT2D eigenvalue weighted by atomic mass is 16.5. The van der Waals surface area contributed by atoms with Crippen molar-refractivity contribution in [2.45, 2.75) is 59.1 Å². The molecule has 5 nitrogen and oxygen atoms in total. The van der Waals surface area contributed by atoms with Gasteiger partial charge < -0.3 is 9.84 Å². The number of aliphatic hydroxyl groups excluding tert-OH is 1. The Hall–Kier alpha value is -3.86. The number of ketones is 1. The summed E-state index contributed by atoms with van der Waals surface area (Å²) in [7, 11) is 0. The lowest BCUT2D eigenvalue weighted by molar-refractivity contribution is -0.132. The van der Waals surface area contributed by atoms with E-state index in [1.54, 1.807) is 24.3 Å². The average Bonchev–Trinajstić information content (AvgIpc) is 3.09. The van der Waals surface area contributed by atoms with Crippen molar-refractivity contribution in [2.24, 2.45) is 0 Å². The summed E-state index contributed by atoms with van der Waals surface area (Å²) in [4.78, 5) is 28.3. The maximum atomic E-state index is 13.5. The van der Waals surface area contributed by atoms with Crippen molar-refractivity contribution < 1.29 is 19.4 Å². The second-order valence-corrected chi connectivity index (χ2v) is 10.5. The van der Waals surface area contributed by atoms with E-state index in [-0.39, 0.29) is 22.9 Å². The predicted molar refractivity (Wildman–Crippen MR) is 143 cm³/mol. The molecule has 3 aromatic carbocycles. The number of aliphatic hydroxyl groups is 1. The minimum absolute atomic E-state index is 0.0153. The number of carbonyl (C=O) groups excluding carboxylic acids is 2. The standard InChI is InChI=1S/C31H33NO4/c1-19(2)36-24-16-14-23(15-17-24)32-27(21-10-8-7-9-11-21)26(29(34)30(32)35)28(33)25-18-22(31(4,5)6)13-12-20(25)3/h7-19,27,33H,1-6H3/b28-26+. The largest absolute Gasteiger partial charge is 0.507 e. The molecule has 0 bridgehead atoms. The fraction of sp³-hybridized carbons (Fsp3) is 0.290. The minimum Gasteiger partial charge on any atom is -0.507 e. The number of hydrogen-bond donors (Lipinski definition) is 1. The van der Waals surface area contributed by atoms with Gasteiger partial charge in [-0.1, -0.05) is 63.2 Å². The summed E-state index contributed by atoms with van der Waals surface area (Å²) in [6.07, 6.45) is 0.0153. The van der Waals surface area contributed by atoms with E-state index >= 15 is 0 Å². The molecule has 1 heterocycles. The van der Waals surface area contributed by atoms with Gasteiger partial charge in [-0.15, -0.1) is 0 Å². The maximum absolute atomic E-state index is 13.5. The first kappa shape index (κ1) is 25.2. The SMILES string of the molecule is Cc1ccc(C(C)(C)C)cc1/C(O)=C1\C(=O)C(=O)N(c2ccc(OC(C)C)cc2)C1c1ccccc1. The quantitative estimate of drug-likeness (QED) is 0.249. The molecule has 0 radical (unpaired) electrons. The van der Waals surface area contributed by atoms with E-state index in [1.807, 2.05) is 69.3 Å². The van der Waals surface area contributed by atoms with Gasteiger partial charge >= 0.3 is 0 Å². The summed E-state index contributed by atoms with van der Waals surface area (Å²) < 4.78 is 5.74. The number of nitrogens with zero attached hydrogens (tertiary/aromatic N) is 1. The normalized spacial score (nSPS) is 17.6. The average molecular weight is 484 g/mol. The van der Waals surface area contributed by atoms with Gasteiger partial charge in [0.05, 0.1) is 17.7 Å². The molecule has 0 aromatic heterocycles. The lowest BCUT2D eigenvalue weighted by Crippen LogP contribution is -2.29. The van der Waals surface area contributed by atoms with Gasteiger partial charge in [-0.2, -0.15) is 0 Å². The molecule has 36 heavy (non-hydrogen) atoms. The van der Waals surface area contributed by atoms with Crippen molar-refractivity contribution in [1.82, 2.24) is 0 Å². The Balaban J connectivity index is 1.90. The molecule has 1 amide bonds. The number of amides is 1. The van der Waals surface area contributed by atoms with Crippen molar-refractivity contribution in [3.63, 3.8) is 0 Å². The lowest BCUT2D eigenvalue weighted by atomic mass is 9.84. The van der Waals surface area contributed by atoms with Gasteiger partial charge in [-0.25, -0.2) is 0 Å². The van der Waals surface area contributed by atoms with Gasteiger partial charge in [0.2, 0.25) is 0 Å². The first-order chi connectivity index (χ1) is 17.0. The summed E-state index contributed by atoms with van der Waals surface area (Å²) in [6, 6.07) is 21.6. The molecule has 0 aliphatic carbocycles. The Morgan fingerprint density at radius 3 is 2.17 bits per heavy atom. The third-order valence-corrected chi connectivity index (χ3v) is 6.41. The molecule has 1 aliphatic heterocycles. The molecule has 5 heteroatoms. The number of ether oxygens (including phenoxy) is 1. The monoisotopic (exact) mass is 483 g/mol. The van der Waals surface area contributed by atoms with Gasteiger partial charge in [0.25, 0.3) is 11.7 Å². The second kappa shape index (κ2) is 9.65. The van der Waals surface area contributed by atoms with E-state index in [9.17, 15) is 14.7 Å². The van der Waals surface area contributed by atoms with Crippen LogP contribution < -0.4 is 9.64 Å². The van der Waals surface area contributed by atoms with E-state index in [1.165, 1.54) is 4.90 Å². The zero-order chi connectivity index (χ0) is 26.2. The van der Waals surface area contributed by atoms with Crippen molar-refractivity contribution in [3.8, 4) is 5.75 Å². The van der Waals surface area contributed by atoms with Crippen LogP contribution in [0.3, 0.4) is 0 Å². The van der Waals surface area contributed by atoms with E-state index in [2.05, 4.69) is 20.8 Å². The summed E-state index contributed by atoms with van der Waals surface area (Å²) in [5, 5.41) is 11.6. The Morgan fingerprint density at radius 1 is 0.944 bits per heavy atom. The highest BCUT2D eigenvalue weighted by Gasteiger charge is 2.47. The Morgan fingerprint density at radius 2 is 1.58 bits per heavy atom. The van der Waals surface area contributed by atoms with Crippen LogP contribution in [0.25, 0.3) is 5.76 Å². The predicted octanol–water partition coefficient (Wildman–Crippen LogP) is 6.71. The first-order valence-electron chi connectivity index (χ1n) is 12.2. The molecule has 1 saturated heterocycles. The number of hydrogen-bond acceptors (Lipinski definition) is 4. The Kier molecular flexibility index (Phi) is 6.77. The number of rotatable bonds is 5. The molecular weight excluding hydrogens is 450 g/mol. The van der Waals surface area contributed by atoms with E-state index < -0.39 is 17.7 Å². The molecule has 186 valence electrons. The maximum Gasteiger partial charge on any atom is 0.300 e. The summed E-state index contributed by atoms with van der Waals surface area (Å²) in [5.74, 6) is -0.860. The smallest absolute Gasteiger partial charge is 0.300 e. The Labute approximate surface area is 213 Å². The number of Topliss-reactive ketones (excluding diaryl/α,β-unsaturated/α-hetero) is 1. The zero-order valence-corrected chi connectivity index (χ0v) is 21.7. The van der Waals surface area contributed by atoms with Crippen molar-refractivity contribution in [3.05, 3.63) is 101 Å². The third-order valence-electron chi connectivity index (χ3n) is 6.41. The molecule has 4 rings (SSSR count). The number of aryl methyl sites for hydroxylation is 1. The molecule has 0 saturated carbocycles. The van der Waals surface area contributed by atoms with Gasteiger partial charge in [0, 0.05) is 11.3 Å². The third kappa shape index (κ3) is 4.78. The van der Waals surface area contributed by atoms with Crippen LogP contribution in [0.5, 0.6) is 5.75 Å². The van der Waals surface area contributed by atoms with Gasteiger partial charge in [-0.3, -0.25) is 14.5 Å². The molecule has 0 spiro atoms. The summed E-state index contributed by atoms with van der Waals surface area (Å²) in [5.41, 5.74) is 3.65. The number of benzene rings is 3.